The molecule has 0 heterocycles. The molecule has 0 saturated carbocycles. The largest absolute Gasteiger partial charge is 0.478 e. The Labute approximate surface area is 112 Å². The van der Waals surface area contributed by atoms with E-state index in [1.54, 1.807) is 0 Å². The summed E-state index contributed by atoms with van der Waals surface area (Å²) in [6.07, 6.45) is 0. The van der Waals surface area contributed by atoms with Crippen LogP contribution in [0.2, 0.25) is 0 Å². The average molecular weight is 276 g/mol. The molecule has 0 aliphatic rings. The van der Waals surface area contributed by atoms with Gasteiger partial charge in [-0.15, -0.1) is 9.24 Å². The Morgan fingerprint density at radius 1 is 0.737 bits per heavy atom. The van der Waals surface area contributed by atoms with Crippen LogP contribution in [0, 0.1) is 0 Å². The summed E-state index contributed by atoms with van der Waals surface area (Å²) >= 11 is 0. The van der Waals surface area contributed by atoms with E-state index in [4.69, 9.17) is 10.2 Å². The maximum Gasteiger partial charge on any atom is 0.335 e. The Morgan fingerprint density at radius 3 is 1.32 bits per heavy atom. The van der Waals surface area contributed by atoms with Gasteiger partial charge in [0.25, 0.3) is 0 Å². The van der Waals surface area contributed by atoms with Crippen LogP contribution in [0.3, 0.4) is 0 Å². The standard InChI is InChI=1S/C8H6O4.C6H7P/c9-7(10)5-1-2-6(4-3-5)8(11)12;7-6-4-2-1-3-5-6/h1-4H,(H,9,10)(H,11,12);1-5H,7H2. The molecule has 0 fully saturated rings. The molecule has 0 aliphatic carbocycles. The molecular weight excluding hydrogens is 263 g/mol. The summed E-state index contributed by atoms with van der Waals surface area (Å²) < 4.78 is 0. The first-order chi connectivity index (χ1) is 9.00. The zero-order valence-corrected chi connectivity index (χ0v) is 11.1. The van der Waals surface area contributed by atoms with Gasteiger partial charge in [-0.25, -0.2) is 9.59 Å². The van der Waals surface area contributed by atoms with Gasteiger partial charge in [0.2, 0.25) is 0 Å². The third-order valence-electron chi connectivity index (χ3n) is 2.18. The molecule has 5 heteroatoms. The molecule has 4 nitrogen and oxygen atoms in total. The lowest BCUT2D eigenvalue weighted by atomic mass is 10.1. The molecule has 0 aromatic heterocycles. The van der Waals surface area contributed by atoms with Crippen molar-refractivity contribution >= 4 is 26.5 Å². The lowest BCUT2D eigenvalue weighted by Gasteiger charge is -1.94. The van der Waals surface area contributed by atoms with E-state index in [-0.39, 0.29) is 11.1 Å². The second kappa shape index (κ2) is 7.29. The van der Waals surface area contributed by atoms with Crippen molar-refractivity contribution in [1.82, 2.24) is 0 Å². The SMILES string of the molecule is O=C(O)c1ccc(C(=O)O)cc1.Pc1ccccc1. The van der Waals surface area contributed by atoms with Gasteiger partial charge in [-0.3, -0.25) is 0 Å². The summed E-state index contributed by atoms with van der Waals surface area (Å²) in [5.74, 6) is -2.13. The molecule has 19 heavy (non-hydrogen) atoms. The van der Waals surface area contributed by atoms with Crippen LogP contribution in [0.1, 0.15) is 20.7 Å². The van der Waals surface area contributed by atoms with Crippen molar-refractivity contribution in [2.75, 3.05) is 0 Å². The maximum absolute atomic E-state index is 10.3. The monoisotopic (exact) mass is 276 g/mol. The first-order valence-corrected chi connectivity index (χ1v) is 5.95. The summed E-state index contributed by atoms with van der Waals surface area (Å²) in [5.41, 5.74) is 0.167. The number of carbonyl (C=O) groups is 2. The Hall–Kier alpha value is -2.19. The normalized spacial score (nSPS) is 9.11. The van der Waals surface area contributed by atoms with Crippen molar-refractivity contribution in [3.63, 3.8) is 0 Å². The van der Waals surface area contributed by atoms with E-state index in [0.29, 0.717) is 0 Å². The Bertz CT molecular complexity index is 516. The van der Waals surface area contributed by atoms with E-state index >= 15 is 0 Å². The summed E-state index contributed by atoms with van der Waals surface area (Å²) in [6, 6.07) is 15.2. The Kier molecular flexibility index (Phi) is 5.71. The van der Waals surface area contributed by atoms with Gasteiger partial charge < -0.3 is 10.2 Å². The number of rotatable bonds is 2. The Balaban J connectivity index is 0.000000218. The molecule has 0 spiro atoms. The second-order valence-electron chi connectivity index (χ2n) is 3.60. The third kappa shape index (κ3) is 5.32. The van der Waals surface area contributed by atoms with Crippen LogP contribution in [0.15, 0.2) is 54.6 Å². The third-order valence-corrected chi connectivity index (χ3v) is 2.56. The predicted octanol–water partition coefficient (Wildman–Crippen LogP) is 2.27. The van der Waals surface area contributed by atoms with Gasteiger partial charge in [-0.1, -0.05) is 30.3 Å². The van der Waals surface area contributed by atoms with Gasteiger partial charge in [0.15, 0.2) is 0 Å². The lowest BCUT2D eigenvalue weighted by Crippen LogP contribution is -1.99. The number of hydrogen-bond acceptors (Lipinski definition) is 2. The van der Waals surface area contributed by atoms with Gasteiger partial charge in [0.05, 0.1) is 11.1 Å². The first kappa shape index (κ1) is 14.9. The van der Waals surface area contributed by atoms with Gasteiger partial charge in [0, 0.05) is 0 Å². The van der Waals surface area contributed by atoms with Crippen LogP contribution in [0.25, 0.3) is 0 Å². The second-order valence-corrected chi connectivity index (χ2v) is 4.27. The molecule has 2 aromatic carbocycles. The van der Waals surface area contributed by atoms with E-state index < -0.39 is 11.9 Å². The number of aromatic carboxylic acids is 2. The number of hydrogen-bond donors (Lipinski definition) is 2. The molecule has 2 N–H and O–H groups in total. The molecule has 1 atom stereocenters. The van der Waals surface area contributed by atoms with Crippen LogP contribution >= 0.6 is 9.24 Å². The molecule has 0 bridgehead atoms. The van der Waals surface area contributed by atoms with E-state index in [1.165, 1.54) is 29.6 Å². The average Bonchev–Trinajstić information content (AvgIpc) is 2.40. The smallest absolute Gasteiger partial charge is 0.335 e. The number of carboxylic acids is 2. The van der Waals surface area contributed by atoms with Crippen LogP contribution in [-0.4, -0.2) is 22.2 Å². The highest BCUT2D eigenvalue weighted by molar-refractivity contribution is 7.27. The van der Waals surface area contributed by atoms with Crippen LogP contribution in [0.4, 0.5) is 0 Å². The van der Waals surface area contributed by atoms with Crippen molar-refractivity contribution < 1.29 is 19.8 Å². The minimum atomic E-state index is -1.06. The summed E-state index contributed by atoms with van der Waals surface area (Å²) in [5, 5.41) is 18.2. The molecule has 0 amide bonds. The lowest BCUT2D eigenvalue weighted by molar-refractivity contribution is 0.0681. The zero-order valence-electron chi connectivity index (χ0n) is 9.98. The molecule has 0 radical (unpaired) electrons. The molecular formula is C14H13O4P. The first-order valence-electron chi connectivity index (χ1n) is 5.38. The van der Waals surface area contributed by atoms with Crippen molar-refractivity contribution in [3.05, 3.63) is 65.7 Å². The quantitative estimate of drug-likeness (QED) is 0.825. The predicted molar refractivity (Wildman–Crippen MR) is 76.1 cm³/mol. The molecule has 0 saturated heterocycles. The van der Waals surface area contributed by atoms with Gasteiger partial charge in [-0.05, 0) is 29.6 Å². The summed E-state index contributed by atoms with van der Waals surface area (Å²) in [6.45, 7) is 0. The summed E-state index contributed by atoms with van der Waals surface area (Å²) in [7, 11) is 2.63. The maximum atomic E-state index is 10.3. The topological polar surface area (TPSA) is 74.6 Å². The van der Waals surface area contributed by atoms with Crippen molar-refractivity contribution in [1.29, 1.82) is 0 Å². The minimum absolute atomic E-state index is 0.0833. The van der Waals surface area contributed by atoms with Crippen LogP contribution < -0.4 is 5.30 Å². The summed E-state index contributed by atoms with van der Waals surface area (Å²) in [4.78, 5) is 20.7. The fourth-order valence-electron chi connectivity index (χ4n) is 1.21. The minimum Gasteiger partial charge on any atom is -0.478 e. The van der Waals surface area contributed by atoms with Crippen molar-refractivity contribution in [3.8, 4) is 0 Å². The Morgan fingerprint density at radius 2 is 1.11 bits per heavy atom. The zero-order chi connectivity index (χ0) is 14.3. The van der Waals surface area contributed by atoms with E-state index in [9.17, 15) is 9.59 Å². The van der Waals surface area contributed by atoms with Gasteiger partial charge >= 0.3 is 11.9 Å². The van der Waals surface area contributed by atoms with Crippen molar-refractivity contribution in [2.45, 2.75) is 0 Å². The highest BCUT2D eigenvalue weighted by atomic mass is 31.0. The van der Waals surface area contributed by atoms with Crippen LogP contribution in [-0.2, 0) is 0 Å². The molecule has 0 aliphatic heterocycles. The van der Waals surface area contributed by atoms with Crippen molar-refractivity contribution in [2.24, 2.45) is 0 Å². The number of benzene rings is 2. The van der Waals surface area contributed by atoms with E-state index in [1.807, 2.05) is 30.3 Å². The van der Waals surface area contributed by atoms with Crippen LogP contribution in [0.5, 0.6) is 0 Å². The fraction of sp³-hybridized carbons (Fsp3) is 0. The van der Waals surface area contributed by atoms with Gasteiger partial charge in [0.1, 0.15) is 0 Å². The molecule has 98 valence electrons. The number of carboxylic acid groups (broad SMARTS) is 2. The fourth-order valence-corrected chi connectivity index (χ4v) is 1.43. The molecule has 2 rings (SSSR count). The molecule has 2 aromatic rings. The van der Waals surface area contributed by atoms with E-state index in [0.717, 1.165) is 0 Å². The molecule has 1 unspecified atom stereocenters. The highest BCUT2D eigenvalue weighted by Crippen LogP contribution is 2.03. The highest BCUT2D eigenvalue weighted by Gasteiger charge is 2.04. The van der Waals surface area contributed by atoms with Gasteiger partial charge in [-0.2, -0.15) is 0 Å². The van der Waals surface area contributed by atoms with E-state index in [2.05, 4.69) is 9.24 Å².